The minimum Gasteiger partial charge on any atom is -0.492 e. The summed E-state index contributed by atoms with van der Waals surface area (Å²) in [5.74, 6) is -2.81. The van der Waals surface area contributed by atoms with Crippen LogP contribution in [0, 0.1) is 23.0 Å². The molecule has 8 nitrogen and oxygen atoms in total. The molecule has 0 bridgehead atoms. The molecule has 3 aromatic rings. The Hall–Kier alpha value is -3.52. The van der Waals surface area contributed by atoms with Crippen LogP contribution in [0.1, 0.15) is 18.9 Å². The van der Waals surface area contributed by atoms with Crippen LogP contribution in [-0.4, -0.2) is 29.2 Å². The van der Waals surface area contributed by atoms with Gasteiger partial charge in [0.1, 0.15) is 28.7 Å². The van der Waals surface area contributed by atoms with Gasteiger partial charge < -0.3 is 10.4 Å². The van der Waals surface area contributed by atoms with E-state index < -0.39 is 38.9 Å². The van der Waals surface area contributed by atoms with E-state index in [2.05, 4.69) is 20.0 Å². The van der Waals surface area contributed by atoms with Gasteiger partial charge in [0.25, 0.3) is 0 Å². The Labute approximate surface area is 164 Å². The zero-order valence-electron chi connectivity index (χ0n) is 15.1. The van der Waals surface area contributed by atoms with Gasteiger partial charge in [-0.3, -0.25) is 4.72 Å². The summed E-state index contributed by atoms with van der Waals surface area (Å²) < 4.78 is 55.0. The molecule has 1 aromatic heterocycles. The first kappa shape index (κ1) is 20.2. The molecule has 0 atom stereocenters. The number of sulfonamides is 1. The Morgan fingerprint density at radius 2 is 1.93 bits per heavy atom. The van der Waals surface area contributed by atoms with Crippen LogP contribution in [0.2, 0.25) is 0 Å². The van der Waals surface area contributed by atoms with E-state index in [4.69, 9.17) is 0 Å². The molecule has 29 heavy (non-hydrogen) atoms. The minimum atomic E-state index is -3.79. The van der Waals surface area contributed by atoms with E-state index in [0.717, 1.165) is 18.3 Å². The SMILES string of the molecule is CCCS(=O)(=O)Nc1ccc(F)c(Nc2ccc3ncc(O)nc3c2C#N)c1F. The number of nitrogens with zero attached hydrogens (tertiary/aromatic N) is 3. The lowest BCUT2D eigenvalue weighted by Crippen LogP contribution is -2.17. The molecule has 0 spiro atoms. The summed E-state index contributed by atoms with van der Waals surface area (Å²) in [6, 6.07) is 6.56. The Morgan fingerprint density at radius 3 is 2.62 bits per heavy atom. The summed E-state index contributed by atoms with van der Waals surface area (Å²) in [6.45, 7) is 1.65. The average molecular weight is 419 g/mol. The number of fused-ring (bicyclic) bond motifs is 1. The zero-order chi connectivity index (χ0) is 21.2. The van der Waals surface area contributed by atoms with Crippen molar-refractivity contribution in [1.29, 1.82) is 5.26 Å². The zero-order valence-corrected chi connectivity index (χ0v) is 15.9. The molecule has 0 fully saturated rings. The largest absolute Gasteiger partial charge is 0.492 e. The number of aromatic hydroxyl groups is 1. The third-order valence-electron chi connectivity index (χ3n) is 3.90. The van der Waals surface area contributed by atoms with Gasteiger partial charge in [-0.2, -0.15) is 5.26 Å². The van der Waals surface area contributed by atoms with Crippen molar-refractivity contribution in [2.24, 2.45) is 0 Å². The molecule has 2 aromatic carbocycles. The summed E-state index contributed by atoms with van der Waals surface area (Å²) in [5, 5.41) is 21.5. The second kappa shape index (κ2) is 7.84. The Kier molecular flexibility index (Phi) is 5.47. The Balaban J connectivity index is 2.07. The summed E-state index contributed by atoms with van der Waals surface area (Å²) >= 11 is 0. The molecular weight excluding hydrogens is 404 g/mol. The number of anilines is 3. The van der Waals surface area contributed by atoms with Crippen LogP contribution in [0.25, 0.3) is 11.0 Å². The fourth-order valence-electron chi connectivity index (χ4n) is 2.65. The molecule has 0 saturated heterocycles. The first-order chi connectivity index (χ1) is 13.8. The summed E-state index contributed by atoms with van der Waals surface area (Å²) in [7, 11) is -3.79. The smallest absolute Gasteiger partial charge is 0.232 e. The summed E-state index contributed by atoms with van der Waals surface area (Å²) in [4.78, 5) is 7.76. The van der Waals surface area contributed by atoms with Gasteiger partial charge in [0.2, 0.25) is 15.9 Å². The fraction of sp³-hybridized carbons (Fsp3) is 0.167. The van der Waals surface area contributed by atoms with Crippen molar-refractivity contribution in [3.05, 3.63) is 47.7 Å². The highest BCUT2D eigenvalue weighted by molar-refractivity contribution is 7.92. The van der Waals surface area contributed by atoms with Crippen LogP contribution < -0.4 is 10.0 Å². The molecule has 3 N–H and O–H groups in total. The number of benzene rings is 2. The highest BCUT2D eigenvalue weighted by Crippen LogP contribution is 2.32. The number of nitrogens with one attached hydrogen (secondary N) is 2. The number of aromatic nitrogens is 2. The van der Waals surface area contributed by atoms with Gasteiger partial charge in [0.05, 0.1) is 28.8 Å². The molecule has 1 heterocycles. The van der Waals surface area contributed by atoms with E-state index >= 15 is 0 Å². The minimum absolute atomic E-state index is 0.00580. The lowest BCUT2D eigenvalue weighted by molar-refractivity contribution is 0.453. The van der Waals surface area contributed by atoms with Gasteiger partial charge in [0.15, 0.2) is 5.82 Å². The predicted octanol–water partition coefficient (Wildman–Crippen LogP) is 3.38. The number of rotatable bonds is 6. The highest BCUT2D eigenvalue weighted by atomic mass is 32.2. The predicted molar refractivity (Wildman–Crippen MR) is 103 cm³/mol. The lowest BCUT2D eigenvalue weighted by atomic mass is 10.1. The maximum absolute atomic E-state index is 14.8. The van der Waals surface area contributed by atoms with Crippen LogP contribution in [-0.2, 0) is 10.0 Å². The normalized spacial score (nSPS) is 11.2. The third-order valence-corrected chi connectivity index (χ3v) is 5.38. The number of nitriles is 1. The first-order valence-corrected chi connectivity index (χ1v) is 10.0. The van der Waals surface area contributed by atoms with Gasteiger partial charge >= 0.3 is 0 Å². The first-order valence-electron chi connectivity index (χ1n) is 8.40. The van der Waals surface area contributed by atoms with E-state index in [9.17, 15) is 27.6 Å². The van der Waals surface area contributed by atoms with Crippen molar-refractivity contribution in [2.75, 3.05) is 15.8 Å². The molecule has 0 saturated carbocycles. The maximum atomic E-state index is 14.8. The van der Waals surface area contributed by atoms with Gasteiger partial charge in [-0.1, -0.05) is 6.92 Å². The van der Waals surface area contributed by atoms with Crippen LogP contribution >= 0.6 is 0 Å². The third kappa shape index (κ3) is 4.17. The van der Waals surface area contributed by atoms with E-state index in [1.54, 1.807) is 6.92 Å². The standard InChI is InChI=1S/C18H15F2N5O3S/c1-2-7-29(27,28)25-13-4-3-11(19)18(16(13)20)23-12-5-6-14-17(10(12)8-21)24-15(26)9-22-14/h3-6,9,23,25H,2,7H2,1H3,(H,24,26). The molecule has 0 aliphatic rings. The van der Waals surface area contributed by atoms with Gasteiger partial charge in [-0.15, -0.1) is 0 Å². The molecule has 0 aliphatic carbocycles. The van der Waals surface area contributed by atoms with Crippen molar-refractivity contribution in [3.8, 4) is 11.9 Å². The van der Waals surface area contributed by atoms with Crippen molar-refractivity contribution in [3.63, 3.8) is 0 Å². The van der Waals surface area contributed by atoms with Crippen molar-refractivity contribution >= 4 is 38.1 Å². The number of halogens is 2. The van der Waals surface area contributed by atoms with Crippen LogP contribution in [0.15, 0.2) is 30.5 Å². The fourth-order valence-corrected chi connectivity index (χ4v) is 3.79. The molecule has 0 amide bonds. The number of hydrogen-bond acceptors (Lipinski definition) is 7. The summed E-state index contributed by atoms with van der Waals surface area (Å²) in [5.41, 5.74) is -0.831. The van der Waals surface area contributed by atoms with E-state index in [1.807, 2.05) is 6.07 Å². The van der Waals surface area contributed by atoms with Crippen LogP contribution in [0.4, 0.5) is 25.8 Å². The Morgan fingerprint density at radius 1 is 1.21 bits per heavy atom. The molecule has 0 unspecified atom stereocenters. The molecule has 0 radical (unpaired) electrons. The van der Waals surface area contributed by atoms with Crippen molar-refractivity contribution in [1.82, 2.24) is 9.97 Å². The van der Waals surface area contributed by atoms with Gasteiger partial charge in [0, 0.05) is 0 Å². The van der Waals surface area contributed by atoms with Crippen LogP contribution in [0.5, 0.6) is 5.88 Å². The number of hydrogen-bond donors (Lipinski definition) is 3. The van der Waals surface area contributed by atoms with E-state index in [0.29, 0.717) is 11.9 Å². The molecular formula is C18H15F2N5O3S. The van der Waals surface area contributed by atoms with E-state index in [-0.39, 0.29) is 22.5 Å². The van der Waals surface area contributed by atoms with Crippen molar-refractivity contribution < 1.29 is 22.3 Å². The second-order valence-electron chi connectivity index (χ2n) is 6.03. The average Bonchev–Trinajstić information content (AvgIpc) is 2.66. The summed E-state index contributed by atoms with van der Waals surface area (Å²) in [6.07, 6.45) is 1.42. The van der Waals surface area contributed by atoms with Crippen LogP contribution in [0.3, 0.4) is 0 Å². The second-order valence-corrected chi connectivity index (χ2v) is 7.87. The topological polar surface area (TPSA) is 128 Å². The molecule has 11 heteroatoms. The monoisotopic (exact) mass is 419 g/mol. The Bertz CT molecular complexity index is 1240. The molecule has 3 rings (SSSR count). The maximum Gasteiger partial charge on any atom is 0.232 e. The molecule has 150 valence electrons. The quantitative estimate of drug-likeness (QED) is 0.559. The van der Waals surface area contributed by atoms with Gasteiger partial charge in [-0.25, -0.2) is 27.2 Å². The van der Waals surface area contributed by atoms with E-state index in [1.165, 1.54) is 12.1 Å². The molecule has 0 aliphatic heterocycles. The highest BCUT2D eigenvalue weighted by Gasteiger charge is 2.20. The van der Waals surface area contributed by atoms with Gasteiger partial charge in [-0.05, 0) is 30.7 Å². The lowest BCUT2D eigenvalue weighted by Gasteiger charge is -2.14. The van der Waals surface area contributed by atoms with Crippen molar-refractivity contribution in [2.45, 2.75) is 13.3 Å².